The quantitative estimate of drug-likeness (QED) is 0.407. The zero-order chi connectivity index (χ0) is 24.2. The summed E-state index contributed by atoms with van der Waals surface area (Å²) in [4.78, 5) is 0. The highest BCUT2D eigenvalue weighted by atomic mass is 35.5. The van der Waals surface area contributed by atoms with Crippen LogP contribution in [0, 0.1) is 23.0 Å². The molecular formula is C27H27ClF2N2O. The molecule has 0 fully saturated rings. The molecule has 0 aliphatic heterocycles. The molecule has 0 aliphatic rings. The first-order valence-electron chi connectivity index (χ1n) is 10.8. The van der Waals surface area contributed by atoms with E-state index in [1.807, 2.05) is 49.4 Å². The smallest absolute Gasteiger partial charge is 0.131 e. The number of nitrogens with zero attached hydrogens (tertiary/aromatic N) is 1. The number of halogens is 3. The minimum atomic E-state index is -1.33. The van der Waals surface area contributed by atoms with Gasteiger partial charge in [0.2, 0.25) is 0 Å². The number of nitriles is 1. The molecule has 3 aromatic rings. The molecule has 33 heavy (non-hydrogen) atoms. The Morgan fingerprint density at radius 3 is 2.36 bits per heavy atom. The van der Waals surface area contributed by atoms with Gasteiger partial charge in [0, 0.05) is 28.6 Å². The largest absolute Gasteiger partial charge is 0.388 e. The van der Waals surface area contributed by atoms with Crippen molar-refractivity contribution in [2.75, 3.05) is 0 Å². The predicted molar refractivity (Wildman–Crippen MR) is 127 cm³/mol. The second kappa shape index (κ2) is 10.4. The van der Waals surface area contributed by atoms with E-state index in [0.29, 0.717) is 17.0 Å². The lowest BCUT2D eigenvalue weighted by Crippen LogP contribution is -2.46. The molecule has 0 heterocycles. The summed E-state index contributed by atoms with van der Waals surface area (Å²) in [5.41, 5.74) is 1.40. The molecule has 3 aromatic carbocycles. The molecule has 0 bridgehead atoms. The number of benzene rings is 3. The van der Waals surface area contributed by atoms with Crippen LogP contribution in [0.3, 0.4) is 0 Å². The van der Waals surface area contributed by atoms with E-state index in [-0.39, 0.29) is 17.5 Å². The van der Waals surface area contributed by atoms with Crippen LogP contribution in [0.4, 0.5) is 8.78 Å². The molecule has 2 N–H and O–H groups in total. The van der Waals surface area contributed by atoms with Crippen LogP contribution < -0.4 is 5.32 Å². The van der Waals surface area contributed by atoms with Gasteiger partial charge in [-0.25, -0.2) is 8.78 Å². The van der Waals surface area contributed by atoms with E-state index >= 15 is 0 Å². The van der Waals surface area contributed by atoms with E-state index in [1.54, 1.807) is 19.9 Å². The highest BCUT2D eigenvalue weighted by Gasteiger charge is 2.34. The Morgan fingerprint density at radius 1 is 1.06 bits per heavy atom. The Labute approximate surface area is 198 Å². The van der Waals surface area contributed by atoms with Crippen molar-refractivity contribution in [3.8, 4) is 6.07 Å². The zero-order valence-corrected chi connectivity index (χ0v) is 19.6. The maximum absolute atomic E-state index is 14.6. The topological polar surface area (TPSA) is 56.0 Å². The number of nitrogens with one attached hydrogen (secondary N) is 1. The highest BCUT2D eigenvalue weighted by Crippen LogP contribution is 2.32. The first-order chi connectivity index (χ1) is 15.6. The molecule has 0 spiro atoms. The van der Waals surface area contributed by atoms with Crippen molar-refractivity contribution in [2.24, 2.45) is 0 Å². The molecule has 0 amide bonds. The molecule has 3 rings (SSSR count). The molecule has 0 saturated carbocycles. The van der Waals surface area contributed by atoms with Crippen molar-refractivity contribution in [1.29, 1.82) is 5.26 Å². The minimum absolute atomic E-state index is 0.104. The van der Waals surface area contributed by atoms with Crippen molar-refractivity contribution < 1.29 is 13.9 Å². The van der Waals surface area contributed by atoms with Crippen LogP contribution in [0.25, 0.3) is 0 Å². The van der Waals surface area contributed by atoms with Crippen molar-refractivity contribution in [3.63, 3.8) is 0 Å². The lowest BCUT2D eigenvalue weighted by Gasteiger charge is -2.36. The number of hydrogen-bond donors (Lipinski definition) is 2. The van der Waals surface area contributed by atoms with Gasteiger partial charge in [-0.1, -0.05) is 41.9 Å². The summed E-state index contributed by atoms with van der Waals surface area (Å²) >= 11 is 6.04. The third-order valence-corrected chi connectivity index (χ3v) is 6.08. The van der Waals surface area contributed by atoms with Crippen LogP contribution in [0.2, 0.25) is 5.02 Å². The Morgan fingerprint density at radius 2 is 1.76 bits per heavy atom. The Kier molecular flexibility index (Phi) is 7.86. The second-order valence-electron chi connectivity index (χ2n) is 8.88. The fourth-order valence-corrected chi connectivity index (χ4v) is 4.21. The van der Waals surface area contributed by atoms with Gasteiger partial charge in [-0.2, -0.15) is 5.26 Å². The molecule has 3 nitrogen and oxygen atoms in total. The van der Waals surface area contributed by atoms with Gasteiger partial charge >= 0.3 is 0 Å². The van der Waals surface area contributed by atoms with E-state index < -0.39 is 23.3 Å². The van der Waals surface area contributed by atoms with Crippen LogP contribution in [0.1, 0.15) is 55.0 Å². The summed E-state index contributed by atoms with van der Waals surface area (Å²) in [7, 11) is 0. The van der Waals surface area contributed by atoms with Gasteiger partial charge in [0.15, 0.2) is 0 Å². The first-order valence-corrected chi connectivity index (χ1v) is 11.1. The fourth-order valence-electron chi connectivity index (χ4n) is 4.09. The van der Waals surface area contributed by atoms with Gasteiger partial charge in [-0.05, 0) is 68.7 Å². The summed E-state index contributed by atoms with van der Waals surface area (Å²) in [6.45, 7) is 5.13. The van der Waals surface area contributed by atoms with Gasteiger partial charge in [-0.3, -0.25) is 0 Å². The second-order valence-corrected chi connectivity index (χ2v) is 9.32. The van der Waals surface area contributed by atoms with Gasteiger partial charge in [0.1, 0.15) is 11.6 Å². The minimum Gasteiger partial charge on any atom is -0.388 e. The third kappa shape index (κ3) is 6.39. The molecule has 3 atom stereocenters. The average molecular weight is 469 g/mol. The third-order valence-electron chi connectivity index (χ3n) is 5.83. The monoisotopic (exact) mass is 468 g/mol. The molecule has 1 unspecified atom stereocenters. The Hall–Kier alpha value is -2.78. The van der Waals surface area contributed by atoms with Crippen LogP contribution in [0.15, 0.2) is 66.7 Å². The van der Waals surface area contributed by atoms with Crippen molar-refractivity contribution in [2.45, 2.75) is 50.8 Å². The molecule has 0 saturated heterocycles. The lowest BCUT2D eigenvalue weighted by atomic mass is 9.83. The average Bonchev–Trinajstić information content (AvgIpc) is 2.76. The van der Waals surface area contributed by atoms with Crippen LogP contribution in [-0.4, -0.2) is 16.7 Å². The number of hydrogen-bond acceptors (Lipinski definition) is 3. The van der Waals surface area contributed by atoms with E-state index in [4.69, 9.17) is 11.6 Å². The number of rotatable bonds is 8. The molecular weight excluding hydrogens is 442 g/mol. The Balaban J connectivity index is 1.98. The molecule has 0 radical (unpaired) electrons. The maximum Gasteiger partial charge on any atom is 0.131 e. The molecule has 0 aromatic heterocycles. The van der Waals surface area contributed by atoms with Gasteiger partial charge in [0.25, 0.3) is 0 Å². The zero-order valence-electron chi connectivity index (χ0n) is 18.8. The van der Waals surface area contributed by atoms with Crippen molar-refractivity contribution in [1.82, 2.24) is 5.32 Å². The summed E-state index contributed by atoms with van der Waals surface area (Å²) in [6.07, 6.45) is 0.630. The molecule has 172 valence electrons. The standard InChI is InChI=1S/C27H27ClF2N2O/c1-17(32-26(27(2,3)33)23-12-11-22(29)15-25(23)30)24(14-18-7-9-21(28)10-8-18)20-6-4-5-19(13-20)16-31/h4-13,15,17,24,26,32-33H,14H2,1-3H3/t17-,24+,26?/m0/s1. The maximum atomic E-state index is 14.6. The highest BCUT2D eigenvalue weighted by molar-refractivity contribution is 6.30. The van der Waals surface area contributed by atoms with Gasteiger partial charge in [-0.15, -0.1) is 0 Å². The van der Waals surface area contributed by atoms with Gasteiger partial charge in [0.05, 0.1) is 23.3 Å². The van der Waals surface area contributed by atoms with Gasteiger partial charge < -0.3 is 10.4 Å². The summed E-state index contributed by atoms with van der Waals surface area (Å²) < 4.78 is 28.2. The predicted octanol–water partition coefficient (Wildman–Crippen LogP) is 6.31. The van der Waals surface area contributed by atoms with E-state index in [9.17, 15) is 19.1 Å². The van der Waals surface area contributed by atoms with E-state index in [0.717, 1.165) is 17.2 Å². The van der Waals surface area contributed by atoms with E-state index in [2.05, 4.69) is 11.4 Å². The first kappa shape index (κ1) is 24.9. The van der Waals surface area contributed by atoms with Crippen LogP contribution in [-0.2, 0) is 6.42 Å². The normalized spacial score (nSPS) is 14.4. The SMILES string of the molecule is C[C@H](NC(c1ccc(F)cc1F)C(C)(C)O)[C@@H](Cc1ccc(Cl)cc1)c1cccc(C#N)c1. The summed E-state index contributed by atoms with van der Waals surface area (Å²) in [5, 5.41) is 24.2. The Bertz CT molecular complexity index is 1140. The van der Waals surface area contributed by atoms with Crippen molar-refractivity contribution in [3.05, 3.63) is 106 Å². The van der Waals surface area contributed by atoms with Crippen molar-refractivity contribution >= 4 is 11.6 Å². The molecule has 0 aliphatic carbocycles. The fraction of sp³-hybridized carbons (Fsp3) is 0.296. The molecule has 6 heteroatoms. The summed E-state index contributed by atoms with van der Waals surface area (Å²) in [6, 6.07) is 19.4. The summed E-state index contributed by atoms with van der Waals surface area (Å²) in [5.74, 6) is -1.50. The van der Waals surface area contributed by atoms with E-state index in [1.165, 1.54) is 12.1 Å². The van der Waals surface area contributed by atoms with Crippen LogP contribution >= 0.6 is 11.6 Å². The lowest BCUT2D eigenvalue weighted by molar-refractivity contribution is 0.0302. The van der Waals surface area contributed by atoms with Crippen LogP contribution in [0.5, 0.6) is 0 Å². The number of aliphatic hydroxyl groups is 1.